The van der Waals surface area contributed by atoms with E-state index in [0.717, 1.165) is 25.9 Å². The van der Waals surface area contributed by atoms with Gasteiger partial charge in [-0.25, -0.2) is 0 Å². The van der Waals surface area contributed by atoms with Gasteiger partial charge in [0.05, 0.1) is 6.10 Å². The van der Waals surface area contributed by atoms with Crippen LogP contribution in [0.25, 0.3) is 0 Å². The average molecular weight is 176 g/mol. The van der Waals surface area contributed by atoms with Gasteiger partial charge in [-0.05, 0) is 12.8 Å². The minimum atomic E-state index is -0.138. The molecular weight excluding hydrogens is 166 g/mol. The van der Waals surface area contributed by atoms with Crippen molar-refractivity contribution >= 4 is 29.2 Å². The van der Waals surface area contributed by atoms with Gasteiger partial charge in [0.2, 0.25) is 0 Å². The lowest BCUT2D eigenvalue weighted by molar-refractivity contribution is 0.111. The molecule has 0 aromatic rings. The number of aliphatic hydroxyl groups is 1. The SMILES string of the molecule is OC1CCN(C(=S)[S-])CC1. The van der Waals surface area contributed by atoms with Crippen LogP contribution in [0.3, 0.4) is 0 Å². The molecule has 10 heavy (non-hydrogen) atoms. The van der Waals surface area contributed by atoms with E-state index in [-0.39, 0.29) is 6.10 Å². The maximum Gasteiger partial charge on any atom is 0.0573 e. The van der Waals surface area contributed by atoms with Crippen LogP contribution in [-0.2, 0) is 12.6 Å². The Morgan fingerprint density at radius 1 is 1.50 bits per heavy atom. The van der Waals surface area contributed by atoms with E-state index in [1.54, 1.807) is 0 Å². The predicted molar refractivity (Wildman–Crippen MR) is 46.8 cm³/mol. The molecule has 0 spiro atoms. The fourth-order valence-corrected chi connectivity index (χ4v) is 1.41. The number of nitrogens with zero attached hydrogens (tertiary/aromatic N) is 1. The van der Waals surface area contributed by atoms with E-state index in [4.69, 9.17) is 30.0 Å². The third-order valence-electron chi connectivity index (χ3n) is 1.72. The summed E-state index contributed by atoms with van der Waals surface area (Å²) in [5, 5.41) is 9.10. The van der Waals surface area contributed by atoms with Crippen LogP contribution in [0.5, 0.6) is 0 Å². The highest BCUT2D eigenvalue weighted by atomic mass is 32.1. The van der Waals surface area contributed by atoms with Crippen LogP contribution < -0.4 is 0 Å². The first-order valence-electron chi connectivity index (χ1n) is 3.34. The van der Waals surface area contributed by atoms with Crippen LogP contribution in [0.1, 0.15) is 12.8 Å². The van der Waals surface area contributed by atoms with Crippen molar-refractivity contribution in [1.29, 1.82) is 0 Å². The molecule has 0 amide bonds. The van der Waals surface area contributed by atoms with Crippen molar-refractivity contribution in [3.05, 3.63) is 0 Å². The molecule has 1 N–H and O–H groups in total. The summed E-state index contributed by atoms with van der Waals surface area (Å²) in [5.41, 5.74) is 0. The minimum absolute atomic E-state index is 0.138. The lowest BCUT2D eigenvalue weighted by Gasteiger charge is -2.34. The average Bonchev–Trinajstić information content (AvgIpc) is 1.88. The second kappa shape index (κ2) is 3.46. The van der Waals surface area contributed by atoms with Gasteiger partial charge in [0, 0.05) is 13.1 Å². The highest BCUT2D eigenvalue weighted by Gasteiger charge is 2.14. The van der Waals surface area contributed by atoms with Crippen molar-refractivity contribution in [3.8, 4) is 0 Å². The molecule has 0 aromatic carbocycles. The highest BCUT2D eigenvalue weighted by Crippen LogP contribution is 2.09. The molecule has 0 radical (unpaired) electrons. The monoisotopic (exact) mass is 176 g/mol. The molecular formula is C6H10NOS2-. The van der Waals surface area contributed by atoms with Gasteiger partial charge in [-0.1, -0.05) is 4.32 Å². The summed E-state index contributed by atoms with van der Waals surface area (Å²) in [7, 11) is 0. The largest absolute Gasteiger partial charge is 0.411 e. The molecule has 2 nitrogen and oxygen atoms in total. The zero-order valence-corrected chi connectivity index (χ0v) is 7.25. The van der Waals surface area contributed by atoms with Gasteiger partial charge >= 0.3 is 0 Å². The first-order chi connectivity index (χ1) is 4.70. The first kappa shape index (κ1) is 8.17. The van der Waals surface area contributed by atoms with Crippen molar-refractivity contribution < 1.29 is 5.11 Å². The van der Waals surface area contributed by atoms with E-state index in [1.807, 2.05) is 4.90 Å². The lowest BCUT2D eigenvalue weighted by atomic mass is 10.1. The number of hydrogen-bond donors (Lipinski definition) is 1. The zero-order chi connectivity index (χ0) is 7.56. The van der Waals surface area contributed by atoms with E-state index >= 15 is 0 Å². The predicted octanol–water partition coefficient (Wildman–Crippen LogP) is 0.275. The molecule has 0 atom stereocenters. The number of hydrogen-bond acceptors (Lipinski definition) is 3. The minimum Gasteiger partial charge on any atom is -0.411 e. The molecule has 58 valence electrons. The molecule has 0 unspecified atom stereocenters. The molecule has 1 fully saturated rings. The fraction of sp³-hybridized carbons (Fsp3) is 0.833. The van der Waals surface area contributed by atoms with Gasteiger partial charge in [-0.15, -0.1) is 0 Å². The van der Waals surface area contributed by atoms with E-state index in [1.165, 1.54) is 0 Å². The summed E-state index contributed by atoms with van der Waals surface area (Å²) in [6.45, 7) is 1.65. The van der Waals surface area contributed by atoms with Crippen LogP contribution in [0, 0.1) is 0 Å². The summed E-state index contributed by atoms with van der Waals surface area (Å²) < 4.78 is 0.534. The Bertz CT molecular complexity index is 132. The van der Waals surface area contributed by atoms with Crippen LogP contribution in [0.4, 0.5) is 0 Å². The second-order valence-electron chi connectivity index (χ2n) is 2.48. The number of rotatable bonds is 0. The van der Waals surface area contributed by atoms with Gasteiger partial charge in [0.1, 0.15) is 0 Å². The number of likely N-dealkylation sites (tertiary alicyclic amines) is 1. The van der Waals surface area contributed by atoms with E-state index < -0.39 is 0 Å². The normalized spacial score (nSPS) is 21.1. The van der Waals surface area contributed by atoms with Crippen molar-refractivity contribution in [2.24, 2.45) is 0 Å². The first-order valence-corrected chi connectivity index (χ1v) is 4.16. The molecule has 1 saturated heterocycles. The fourth-order valence-electron chi connectivity index (χ4n) is 1.05. The van der Waals surface area contributed by atoms with E-state index in [9.17, 15) is 0 Å². The molecule has 0 saturated carbocycles. The molecule has 1 aliphatic rings. The van der Waals surface area contributed by atoms with Crippen molar-refractivity contribution in [2.75, 3.05) is 13.1 Å². The van der Waals surface area contributed by atoms with E-state index in [0.29, 0.717) is 4.32 Å². The molecule has 0 bridgehead atoms. The van der Waals surface area contributed by atoms with Gasteiger partial charge in [-0.3, -0.25) is 0 Å². The maximum absolute atomic E-state index is 9.10. The third-order valence-corrected chi connectivity index (χ3v) is 2.24. The van der Waals surface area contributed by atoms with Crippen molar-refractivity contribution in [1.82, 2.24) is 4.90 Å². The lowest BCUT2D eigenvalue weighted by Crippen LogP contribution is -2.38. The number of aliphatic hydroxyl groups excluding tert-OH is 1. The van der Waals surface area contributed by atoms with Crippen molar-refractivity contribution in [2.45, 2.75) is 18.9 Å². The summed E-state index contributed by atoms with van der Waals surface area (Å²) in [6.07, 6.45) is 1.47. The Morgan fingerprint density at radius 3 is 2.40 bits per heavy atom. The third kappa shape index (κ3) is 2.04. The highest BCUT2D eigenvalue weighted by molar-refractivity contribution is 8.00. The van der Waals surface area contributed by atoms with Gasteiger partial charge in [-0.2, -0.15) is 0 Å². The standard InChI is InChI=1S/C6H11NOS2/c8-5-1-3-7(4-2-5)6(9)10/h5,8H,1-4H2,(H,9,10)/p-1. The number of piperidine rings is 1. The van der Waals surface area contributed by atoms with E-state index in [2.05, 4.69) is 0 Å². The Balaban J connectivity index is 2.33. The summed E-state index contributed by atoms with van der Waals surface area (Å²) in [5.74, 6) is 0. The van der Waals surface area contributed by atoms with Crippen LogP contribution in [-0.4, -0.2) is 33.5 Å². The van der Waals surface area contributed by atoms with Crippen LogP contribution >= 0.6 is 12.2 Å². The summed E-state index contributed by atoms with van der Waals surface area (Å²) in [4.78, 5) is 1.96. The quantitative estimate of drug-likeness (QED) is 0.423. The van der Waals surface area contributed by atoms with Crippen LogP contribution in [0.15, 0.2) is 0 Å². The topological polar surface area (TPSA) is 23.5 Å². The van der Waals surface area contributed by atoms with Gasteiger partial charge in [0.15, 0.2) is 0 Å². The summed E-state index contributed by atoms with van der Waals surface area (Å²) >= 11 is 9.63. The van der Waals surface area contributed by atoms with Crippen LogP contribution in [0.2, 0.25) is 0 Å². The summed E-state index contributed by atoms with van der Waals surface area (Å²) in [6, 6.07) is 0. The molecule has 0 aromatic heterocycles. The van der Waals surface area contributed by atoms with Gasteiger partial charge in [0.25, 0.3) is 0 Å². The second-order valence-corrected chi connectivity index (χ2v) is 3.52. The Hall–Kier alpha value is 0.0700. The maximum atomic E-state index is 9.10. The Kier molecular flexibility index (Phi) is 2.82. The molecule has 0 aliphatic carbocycles. The Morgan fingerprint density at radius 2 is 2.00 bits per heavy atom. The number of thiocarbonyl (C=S) groups is 1. The zero-order valence-electron chi connectivity index (χ0n) is 5.62. The molecule has 4 heteroatoms. The van der Waals surface area contributed by atoms with Gasteiger partial charge < -0.3 is 34.9 Å². The molecule has 1 heterocycles. The Labute approximate surface area is 71.6 Å². The molecule has 1 rings (SSSR count). The molecule has 1 aliphatic heterocycles. The smallest absolute Gasteiger partial charge is 0.0573 e. The van der Waals surface area contributed by atoms with Crippen molar-refractivity contribution in [3.63, 3.8) is 0 Å².